The Kier molecular flexibility index (Phi) is 4.53. The molecule has 1 heterocycles. The molecule has 0 aliphatic carbocycles. The number of aromatic nitrogens is 1. The lowest BCUT2D eigenvalue weighted by atomic mass is 10.1. The van der Waals surface area contributed by atoms with Crippen LogP contribution in [0.25, 0.3) is 0 Å². The predicted octanol–water partition coefficient (Wildman–Crippen LogP) is 3.60. The number of nitrogens with one attached hydrogen (secondary N) is 1. The van der Waals surface area contributed by atoms with Crippen molar-refractivity contribution < 1.29 is 4.74 Å². The molecule has 100 valence electrons. The lowest BCUT2D eigenvalue weighted by molar-refractivity contribution is 0.459. The van der Waals surface area contributed by atoms with E-state index in [-0.39, 0.29) is 0 Å². The molecule has 2 aromatic rings. The molecule has 0 bridgehead atoms. The topological polar surface area (TPSA) is 34.1 Å². The van der Waals surface area contributed by atoms with E-state index < -0.39 is 0 Å². The van der Waals surface area contributed by atoms with Gasteiger partial charge in [0, 0.05) is 12.6 Å². The van der Waals surface area contributed by atoms with Crippen LogP contribution in [0.1, 0.15) is 23.7 Å². The van der Waals surface area contributed by atoms with Crippen molar-refractivity contribution in [1.82, 2.24) is 10.3 Å². The van der Waals surface area contributed by atoms with Crippen LogP contribution in [-0.2, 0) is 6.54 Å². The lowest BCUT2D eigenvalue weighted by Gasteiger charge is -2.08. The van der Waals surface area contributed by atoms with Gasteiger partial charge in [-0.05, 0) is 49.7 Å². The van der Waals surface area contributed by atoms with Crippen LogP contribution in [-0.4, -0.2) is 11.5 Å². The fourth-order valence-corrected chi connectivity index (χ4v) is 1.98. The van der Waals surface area contributed by atoms with E-state index in [9.17, 15) is 0 Å². The Hall–Kier alpha value is -1.87. The summed E-state index contributed by atoms with van der Waals surface area (Å²) >= 11 is 0. The molecule has 0 amide bonds. The molecule has 1 aromatic heterocycles. The van der Waals surface area contributed by atoms with Gasteiger partial charge in [-0.25, -0.2) is 4.98 Å². The van der Waals surface area contributed by atoms with Crippen molar-refractivity contribution in [3.63, 3.8) is 0 Å². The third-order valence-corrected chi connectivity index (χ3v) is 2.75. The largest absolute Gasteiger partial charge is 0.439 e. The van der Waals surface area contributed by atoms with Gasteiger partial charge in [0.1, 0.15) is 5.75 Å². The van der Waals surface area contributed by atoms with Gasteiger partial charge in [0.15, 0.2) is 0 Å². The number of aryl methyl sites for hydroxylation is 2. The molecule has 3 heteroatoms. The second-order valence-electron chi connectivity index (χ2n) is 4.67. The summed E-state index contributed by atoms with van der Waals surface area (Å²) in [6.45, 7) is 7.91. The van der Waals surface area contributed by atoms with Crippen LogP contribution in [0.2, 0.25) is 0 Å². The molecule has 0 unspecified atom stereocenters. The Balaban J connectivity index is 2.13. The standard InChI is InChI=1S/C16H20N2O/c1-4-17-11-14-6-5-7-16(18-14)19-15-9-12(2)8-13(3)10-15/h5-10,17H,4,11H2,1-3H3. The molecule has 0 saturated heterocycles. The van der Waals surface area contributed by atoms with Crippen LogP contribution >= 0.6 is 0 Å². The molecule has 0 saturated carbocycles. The molecule has 0 aliphatic heterocycles. The summed E-state index contributed by atoms with van der Waals surface area (Å²) in [6.07, 6.45) is 0. The van der Waals surface area contributed by atoms with Gasteiger partial charge in [-0.2, -0.15) is 0 Å². The number of hydrogen-bond acceptors (Lipinski definition) is 3. The van der Waals surface area contributed by atoms with Crippen molar-refractivity contribution >= 4 is 0 Å². The minimum atomic E-state index is 0.639. The van der Waals surface area contributed by atoms with Gasteiger partial charge in [0.25, 0.3) is 0 Å². The maximum absolute atomic E-state index is 5.82. The first-order chi connectivity index (χ1) is 9.17. The Labute approximate surface area is 114 Å². The lowest BCUT2D eigenvalue weighted by Crippen LogP contribution is -2.12. The third kappa shape index (κ3) is 4.07. The highest BCUT2D eigenvalue weighted by atomic mass is 16.5. The summed E-state index contributed by atoms with van der Waals surface area (Å²) in [6, 6.07) is 12.0. The molecule has 19 heavy (non-hydrogen) atoms. The first-order valence-corrected chi connectivity index (χ1v) is 6.60. The van der Waals surface area contributed by atoms with Crippen molar-refractivity contribution in [1.29, 1.82) is 0 Å². The molecule has 0 aliphatic rings. The van der Waals surface area contributed by atoms with E-state index in [1.165, 1.54) is 11.1 Å². The highest BCUT2D eigenvalue weighted by molar-refractivity contribution is 5.35. The summed E-state index contributed by atoms with van der Waals surface area (Å²) in [4.78, 5) is 4.48. The number of rotatable bonds is 5. The van der Waals surface area contributed by atoms with Gasteiger partial charge in [0.05, 0.1) is 5.69 Å². The number of ether oxygens (including phenoxy) is 1. The van der Waals surface area contributed by atoms with Crippen LogP contribution in [0.3, 0.4) is 0 Å². The molecule has 0 fully saturated rings. The maximum atomic E-state index is 5.82. The quantitative estimate of drug-likeness (QED) is 0.887. The van der Waals surface area contributed by atoms with Crippen LogP contribution in [0, 0.1) is 13.8 Å². The van der Waals surface area contributed by atoms with Crippen molar-refractivity contribution in [2.24, 2.45) is 0 Å². The maximum Gasteiger partial charge on any atom is 0.219 e. The van der Waals surface area contributed by atoms with E-state index in [2.05, 4.69) is 37.1 Å². The van der Waals surface area contributed by atoms with E-state index in [4.69, 9.17) is 4.74 Å². The van der Waals surface area contributed by atoms with E-state index >= 15 is 0 Å². The van der Waals surface area contributed by atoms with Crippen LogP contribution in [0.15, 0.2) is 36.4 Å². The van der Waals surface area contributed by atoms with Crippen LogP contribution < -0.4 is 10.1 Å². The van der Waals surface area contributed by atoms with Gasteiger partial charge in [0.2, 0.25) is 5.88 Å². The average molecular weight is 256 g/mol. The van der Waals surface area contributed by atoms with E-state index in [1.54, 1.807) is 0 Å². The summed E-state index contributed by atoms with van der Waals surface area (Å²) in [5.74, 6) is 1.48. The monoisotopic (exact) mass is 256 g/mol. The van der Waals surface area contributed by atoms with Gasteiger partial charge in [-0.3, -0.25) is 0 Å². The summed E-state index contributed by atoms with van der Waals surface area (Å²) < 4.78 is 5.82. The summed E-state index contributed by atoms with van der Waals surface area (Å²) in [5.41, 5.74) is 3.38. The van der Waals surface area contributed by atoms with E-state index in [0.29, 0.717) is 5.88 Å². The van der Waals surface area contributed by atoms with Gasteiger partial charge >= 0.3 is 0 Å². The zero-order valence-electron chi connectivity index (χ0n) is 11.7. The Bertz CT molecular complexity index is 532. The summed E-state index contributed by atoms with van der Waals surface area (Å²) in [5, 5.41) is 3.26. The predicted molar refractivity (Wildman–Crippen MR) is 77.6 cm³/mol. The van der Waals surface area contributed by atoms with E-state index in [0.717, 1.165) is 24.5 Å². The smallest absolute Gasteiger partial charge is 0.219 e. The minimum Gasteiger partial charge on any atom is -0.439 e. The molecule has 1 aromatic carbocycles. The number of benzene rings is 1. The minimum absolute atomic E-state index is 0.639. The molecule has 1 N–H and O–H groups in total. The molecule has 3 nitrogen and oxygen atoms in total. The molecule has 0 radical (unpaired) electrons. The zero-order valence-corrected chi connectivity index (χ0v) is 11.7. The average Bonchev–Trinajstić information content (AvgIpc) is 2.35. The number of nitrogens with zero attached hydrogens (tertiary/aromatic N) is 1. The molecular weight excluding hydrogens is 236 g/mol. The molecule has 0 spiro atoms. The molecule has 0 atom stereocenters. The third-order valence-electron chi connectivity index (χ3n) is 2.75. The van der Waals surface area contributed by atoms with E-state index in [1.807, 2.05) is 30.3 Å². The van der Waals surface area contributed by atoms with Crippen molar-refractivity contribution in [2.75, 3.05) is 6.54 Å². The van der Waals surface area contributed by atoms with Crippen molar-refractivity contribution in [3.05, 3.63) is 53.2 Å². The Morgan fingerprint density at radius 2 is 1.84 bits per heavy atom. The van der Waals surface area contributed by atoms with Gasteiger partial charge in [-0.15, -0.1) is 0 Å². The fraction of sp³-hybridized carbons (Fsp3) is 0.312. The van der Waals surface area contributed by atoms with Gasteiger partial charge < -0.3 is 10.1 Å². The van der Waals surface area contributed by atoms with Crippen LogP contribution in [0.4, 0.5) is 0 Å². The highest BCUT2D eigenvalue weighted by Crippen LogP contribution is 2.22. The van der Waals surface area contributed by atoms with Crippen LogP contribution in [0.5, 0.6) is 11.6 Å². The normalized spacial score (nSPS) is 10.5. The Morgan fingerprint density at radius 1 is 1.11 bits per heavy atom. The number of pyridine rings is 1. The van der Waals surface area contributed by atoms with Crippen molar-refractivity contribution in [2.45, 2.75) is 27.3 Å². The molecule has 2 rings (SSSR count). The highest BCUT2D eigenvalue weighted by Gasteiger charge is 2.02. The molecular formula is C16H20N2O. The first-order valence-electron chi connectivity index (χ1n) is 6.60. The van der Waals surface area contributed by atoms with Crippen molar-refractivity contribution in [3.8, 4) is 11.6 Å². The zero-order chi connectivity index (χ0) is 13.7. The second kappa shape index (κ2) is 6.34. The number of hydrogen-bond donors (Lipinski definition) is 1. The first kappa shape index (κ1) is 13.6. The Morgan fingerprint density at radius 3 is 2.53 bits per heavy atom. The second-order valence-corrected chi connectivity index (χ2v) is 4.67. The SMILES string of the molecule is CCNCc1cccc(Oc2cc(C)cc(C)c2)n1. The summed E-state index contributed by atoms with van der Waals surface area (Å²) in [7, 11) is 0. The fourth-order valence-electron chi connectivity index (χ4n) is 1.98. The van der Waals surface area contributed by atoms with Gasteiger partial charge in [-0.1, -0.05) is 19.1 Å².